The van der Waals surface area contributed by atoms with Crippen molar-refractivity contribution in [2.45, 2.75) is 108 Å². The lowest BCUT2D eigenvalue weighted by atomic mass is 9.88. The van der Waals surface area contributed by atoms with E-state index < -0.39 is 130 Å². The summed E-state index contributed by atoms with van der Waals surface area (Å²) in [6.07, 6.45) is -23.7. The molecule has 0 aliphatic heterocycles. The lowest BCUT2D eigenvalue weighted by Crippen LogP contribution is -2.74. The van der Waals surface area contributed by atoms with E-state index in [4.69, 9.17) is 0 Å². The van der Waals surface area contributed by atoms with Gasteiger partial charge in [0.2, 0.25) is 0 Å². The molecule has 1 nitrogen and oxygen atoms in total. The molecule has 338 valence electrons. The second-order valence-corrected chi connectivity index (χ2v) is 12.3. The van der Waals surface area contributed by atoms with Crippen LogP contribution in [0.2, 0.25) is 0 Å². The van der Waals surface area contributed by atoms with E-state index in [2.05, 4.69) is 0 Å². The van der Waals surface area contributed by atoms with Gasteiger partial charge in [-0.15, -0.1) is 0 Å². The van der Waals surface area contributed by atoms with E-state index >= 15 is 0 Å². The molecule has 0 radical (unpaired) electrons. The van der Waals surface area contributed by atoms with Gasteiger partial charge in [-0.2, -0.15) is 149 Å². The first-order valence-corrected chi connectivity index (χ1v) is 13.9. The van der Waals surface area contributed by atoms with E-state index in [0.717, 1.165) is 0 Å². The van der Waals surface area contributed by atoms with Crippen molar-refractivity contribution in [3.8, 4) is 0 Å². The molecule has 0 unspecified atom stereocenters. The number of hydrogen-bond acceptors (Lipinski definition) is 1. The highest BCUT2D eigenvalue weighted by atomic mass is 32.2. The van der Waals surface area contributed by atoms with Gasteiger partial charge in [0.25, 0.3) is 0 Å². The largest absolute Gasteiger partial charge is 0.460 e. The monoisotopic (exact) mass is 942 g/mol. The summed E-state index contributed by atoms with van der Waals surface area (Å²) >= 11 is 0. The van der Waals surface area contributed by atoms with Crippen molar-refractivity contribution < 1.29 is 153 Å². The van der Waals surface area contributed by atoms with Crippen molar-refractivity contribution in [3.63, 3.8) is 0 Å². The highest BCUT2D eigenvalue weighted by Crippen LogP contribution is 2.66. The molecule has 36 heteroatoms. The van der Waals surface area contributed by atoms with Crippen molar-refractivity contribution in [2.75, 3.05) is 11.5 Å². The summed E-state index contributed by atoms with van der Waals surface area (Å²) < 4.78 is 462. The van der Waals surface area contributed by atoms with E-state index in [1.54, 1.807) is 0 Å². The van der Waals surface area contributed by atoms with Crippen molar-refractivity contribution in [1.82, 2.24) is 0 Å². The Labute approximate surface area is 285 Å². The number of alkyl halides is 34. The molecule has 0 atom stereocenters. The van der Waals surface area contributed by atoms with Gasteiger partial charge in [0.1, 0.15) is 0 Å². The fourth-order valence-electron chi connectivity index (χ4n) is 3.29. The van der Waals surface area contributed by atoms with Gasteiger partial charge in [-0.05, 0) is 0 Å². The molecule has 0 fully saturated rings. The van der Waals surface area contributed by atoms with Crippen molar-refractivity contribution in [1.29, 1.82) is 0 Å². The Hall–Kier alpha value is -2.23. The number of hydrogen-bond donors (Lipinski definition) is 0. The Kier molecular flexibility index (Phi) is 13.4. The number of rotatable bonds is 18. The highest BCUT2D eigenvalue weighted by Gasteiger charge is 2.96. The minimum absolute atomic E-state index is 2.98. The van der Waals surface area contributed by atoms with Crippen LogP contribution in [0.4, 0.5) is 149 Å². The van der Waals surface area contributed by atoms with E-state index in [1.807, 2.05) is 0 Å². The lowest BCUT2D eigenvalue weighted by molar-refractivity contribution is -0.461. The third-order valence-corrected chi connectivity index (χ3v) is 8.18. The molecule has 0 spiro atoms. The molecule has 56 heavy (non-hydrogen) atoms. The van der Waals surface area contributed by atoms with Gasteiger partial charge < -0.3 is 0 Å². The summed E-state index contributed by atoms with van der Waals surface area (Å²) in [4.78, 5) is 0. The standard InChI is InChI=1S/C20H8F34OS/c21-5(22,7(25,26)9(29,30)11(33,34)13(37,38)15(41,42)17(45,46)19(49,50)51)1-3-56(55)4-2-6(23,24)8(27,28)10(31,32)12(35,36)14(39,40)16(43,44)18(47,48)20(52,53)54/h1-4H2. The molecule has 0 aromatic heterocycles. The maximum absolute atomic E-state index is 13.8. The van der Waals surface area contributed by atoms with E-state index in [1.165, 1.54) is 0 Å². The topological polar surface area (TPSA) is 17.1 Å². The maximum Gasteiger partial charge on any atom is 0.460 e. The van der Waals surface area contributed by atoms with E-state index in [-0.39, 0.29) is 0 Å². The van der Waals surface area contributed by atoms with Gasteiger partial charge in [0, 0.05) is 35.1 Å². The zero-order chi connectivity index (χ0) is 46.4. The van der Waals surface area contributed by atoms with Gasteiger partial charge in [-0.1, -0.05) is 0 Å². The van der Waals surface area contributed by atoms with Crippen LogP contribution in [0.1, 0.15) is 12.8 Å². The summed E-state index contributed by atoms with van der Waals surface area (Å²) in [5, 5.41) is 0. The molecule has 0 bridgehead atoms. The second kappa shape index (κ2) is 13.9. The van der Waals surface area contributed by atoms with Crippen LogP contribution >= 0.6 is 0 Å². The molecule has 0 aliphatic carbocycles. The Bertz CT molecular complexity index is 1310. The Balaban J connectivity index is 6.50. The quantitative estimate of drug-likeness (QED) is 0.125. The van der Waals surface area contributed by atoms with Crippen LogP contribution in [0.15, 0.2) is 0 Å². The third-order valence-electron chi connectivity index (χ3n) is 6.86. The Morgan fingerprint density at radius 1 is 0.232 bits per heavy atom. The first-order chi connectivity index (χ1) is 23.6. The van der Waals surface area contributed by atoms with Gasteiger partial charge in [0.15, 0.2) is 0 Å². The molecule has 0 amide bonds. The normalized spacial score (nSPS) is 16.9. The van der Waals surface area contributed by atoms with Crippen LogP contribution in [-0.4, -0.2) is 111 Å². The molecule has 0 aliphatic rings. The van der Waals surface area contributed by atoms with Crippen LogP contribution in [0.25, 0.3) is 0 Å². The van der Waals surface area contributed by atoms with Gasteiger partial charge in [-0.3, -0.25) is 4.21 Å². The van der Waals surface area contributed by atoms with Crippen molar-refractivity contribution in [2.24, 2.45) is 0 Å². The van der Waals surface area contributed by atoms with Crippen LogP contribution in [-0.2, 0) is 10.8 Å². The molecular formula is C20H8F34OS. The first-order valence-electron chi connectivity index (χ1n) is 12.4. The highest BCUT2D eigenvalue weighted by molar-refractivity contribution is 7.84. The van der Waals surface area contributed by atoms with Crippen LogP contribution in [0, 0.1) is 0 Å². The predicted octanol–water partition coefficient (Wildman–Crippen LogP) is 11.5. The molecule has 0 aromatic carbocycles. The van der Waals surface area contributed by atoms with Crippen molar-refractivity contribution >= 4 is 10.8 Å². The maximum atomic E-state index is 13.8. The van der Waals surface area contributed by atoms with Gasteiger partial charge >= 0.3 is 95.3 Å². The summed E-state index contributed by atoms with van der Waals surface area (Å²) in [5.41, 5.74) is 0. The summed E-state index contributed by atoms with van der Waals surface area (Å²) in [7, 11) is -4.36. The zero-order valence-electron chi connectivity index (χ0n) is 24.5. The second-order valence-electron chi connectivity index (χ2n) is 10.6. The molecule has 0 heterocycles. The summed E-state index contributed by atoms with van der Waals surface area (Å²) in [5.74, 6) is -127. The van der Waals surface area contributed by atoms with Crippen LogP contribution in [0.3, 0.4) is 0 Å². The van der Waals surface area contributed by atoms with E-state index in [0.29, 0.717) is 0 Å². The molecular weight excluding hydrogens is 934 g/mol. The molecule has 0 rings (SSSR count). The third kappa shape index (κ3) is 7.24. The molecule has 0 aromatic rings. The van der Waals surface area contributed by atoms with Crippen molar-refractivity contribution in [3.05, 3.63) is 0 Å². The molecule has 0 N–H and O–H groups in total. The smallest absolute Gasteiger partial charge is 0.260 e. The first kappa shape index (κ1) is 53.8. The minimum atomic E-state index is -9.14. The van der Waals surface area contributed by atoms with Crippen LogP contribution in [0.5, 0.6) is 0 Å². The average molecular weight is 942 g/mol. The minimum Gasteiger partial charge on any atom is -0.260 e. The molecule has 0 saturated heterocycles. The summed E-state index contributed by atoms with van der Waals surface area (Å²) in [6, 6.07) is 0. The Morgan fingerprint density at radius 3 is 0.536 bits per heavy atom. The molecule has 0 saturated carbocycles. The average Bonchev–Trinajstić information content (AvgIpc) is 2.96. The number of halogens is 34. The zero-order valence-corrected chi connectivity index (χ0v) is 25.3. The van der Waals surface area contributed by atoms with Crippen LogP contribution < -0.4 is 0 Å². The summed E-state index contributed by atoms with van der Waals surface area (Å²) in [6.45, 7) is 0. The van der Waals surface area contributed by atoms with Gasteiger partial charge in [0.05, 0.1) is 0 Å². The van der Waals surface area contributed by atoms with E-state index in [9.17, 15) is 153 Å². The lowest BCUT2D eigenvalue weighted by Gasteiger charge is -2.43. The fraction of sp³-hybridized carbons (Fsp3) is 1.00. The fourth-order valence-corrected chi connectivity index (χ4v) is 4.47. The predicted molar refractivity (Wildman–Crippen MR) is 108 cm³/mol. The van der Waals surface area contributed by atoms with Gasteiger partial charge in [-0.25, -0.2) is 0 Å². The Morgan fingerprint density at radius 2 is 0.375 bits per heavy atom. The SMILES string of the molecule is O=S(CCC(F)(F)C(F)(F)C(F)(F)C(F)(F)C(F)(F)C(F)(F)C(F)(F)C(F)(F)F)CCC(F)(F)C(F)(F)C(F)(F)C(F)(F)C(F)(F)C(F)(F)C(F)(F)C(F)(F)F.